The number of amides is 1. The Bertz CT molecular complexity index is 508. The van der Waals surface area contributed by atoms with Crippen LogP contribution in [0, 0.1) is 11.8 Å². The van der Waals surface area contributed by atoms with E-state index in [4.69, 9.17) is 5.73 Å². The van der Waals surface area contributed by atoms with Crippen molar-refractivity contribution >= 4 is 5.91 Å². The molecule has 0 spiro atoms. The molecule has 1 aliphatic heterocycles. The first-order valence-corrected chi connectivity index (χ1v) is 6.47. The molecule has 1 aromatic rings. The Morgan fingerprint density at radius 2 is 2.16 bits per heavy atom. The van der Waals surface area contributed by atoms with Crippen LogP contribution in [0.25, 0.3) is 0 Å². The molecular formula is C15H18N2O2. The first kappa shape index (κ1) is 13.6. The fourth-order valence-electron chi connectivity index (χ4n) is 2.13. The lowest BCUT2D eigenvalue weighted by atomic mass is 10.1. The van der Waals surface area contributed by atoms with Crippen LogP contribution in [0.2, 0.25) is 0 Å². The Labute approximate surface area is 113 Å². The maximum atomic E-state index is 12.3. The highest BCUT2D eigenvalue weighted by Crippen LogP contribution is 2.14. The second kappa shape index (κ2) is 6.37. The molecule has 0 aromatic heterocycles. The fourth-order valence-corrected chi connectivity index (χ4v) is 2.13. The molecule has 100 valence electrons. The lowest BCUT2D eigenvalue weighted by Gasteiger charge is -2.29. The molecule has 0 atom stereocenters. The van der Waals surface area contributed by atoms with Crippen molar-refractivity contribution < 1.29 is 9.90 Å². The van der Waals surface area contributed by atoms with Crippen molar-refractivity contribution in [2.24, 2.45) is 5.73 Å². The number of aliphatic hydroxyl groups is 1. The molecule has 2 rings (SSSR count). The zero-order valence-electron chi connectivity index (χ0n) is 10.8. The number of piperidine rings is 1. The summed E-state index contributed by atoms with van der Waals surface area (Å²) in [5.74, 6) is 5.70. The van der Waals surface area contributed by atoms with Crippen LogP contribution in [0.15, 0.2) is 24.3 Å². The monoisotopic (exact) mass is 258 g/mol. The number of nitrogens with zero attached hydrogens (tertiary/aromatic N) is 1. The van der Waals surface area contributed by atoms with Crippen LogP contribution in [-0.4, -0.2) is 41.7 Å². The summed E-state index contributed by atoms with van der Waals surface area (Å²) in [5.41, 5.74) is 6.77. The van der Waals surface area contributed by atoms with Crippen molar-refractivity contribution in [2.75, 3.05) is 19.6 Å². The van der Waals surface area contributed by atoms with Gasteiger partial charge in [-0.1, -0.05) is 17.9 Å². The summed E-state index contributed by atoms with van der Waals surface area (Å²) in [6.07, 6.45) is 1.03. The van der Waals surface area contributed by atoms with Gasteiger partial charge in [-0.15, -0.1) is 0 Å². The number of aliphatic hydroxyl groups excluding tert-OH is 1. The highest BCUT2D eigenvalue weighted by atomic mass is 16.3. The number of carbonyl (C=O) groups is 1. The van der Waals surface area contributed by atoms with Gasteiger partial charge in [0.1, 0.15) is 0 Å². The van der Waals surface area contributed by atoms with Gasteiger partial charge in [0.05, 0.1) is 12.6 Å². The topological polar surface area (TPSA) is 66.6 Å². The second-order valence-corrected chi connectivity index (χ2v) is 4.61. The quantitative estimate of drug-likeness (QED) is 0.725. The molecule has 1 saturated heterocycles. The van der Waals surface area contributed by atoms with Crippen LogP contribution < -0.4 is 5.73 Å². The third-order valence-corrected chi connectivity index (χ3v) is 3.20. The van der Waals surface area contributed by atoms with E-state index in [2.05, 4.69) is 11.8 Å². The van der Waals surface area contributed by atoms with E-state index in [9.17, 15) is 9.90 Å². The lowest BCUT2D eigenvalue weighted by Crippen LogP contribution is -2.40. The summed E-state index contributed by atoms with van der Waals surface area (Å²) in [4.78, 5) is 14.1. The van der Waals surface area contributed by atoms with E-state index >= 15 is 0 Å². The number of benzene rings is 1. The molecule has 3 N–H and O–H groups in total. The number of carbonyl (C=O) groups excluding carboxylic acids is 1. The molecule has 1 heterocycles. The summed E-state index contributed by atoms with van der Waals surface area (Å²) < 4.78 is 0. The molecule has 0 bridgehead atoms. The minimum Gasteiger partial charge on any atom is -0.393 e. The molecular weight excluding hydrogens is 240 g/mol. The zero-order chi connectivity index (χ0) is 13.7. The van der Waals surface area contributed by atoms with Crippen LogP contribution in [-0.2, 0) is 0 Å². The Morgan fingerprint density at radius 3 is 2.84 bits per heavy atom. The fraction of sp³-hybridized carbons (Fsp3) is 0.400. The molecule has 1 aromatic carbocycles. The molecule has 0 aliphatic carbocycles. The first-order chi connectivity index (χ1) is 9.20. The summed E-state index contributed by atoms with van der Waals surface area (Å²) in [7, 11) is 0. The SMILES string of the molecule is NCC#Cc1cccc(C(=O)N2CCC(O)CC2)c1. The Hall–Kier alpha value is -1.83. The van der Waals surface area contributed by atoms with Crippen molar-refractivity contribution in [3.63, 3.8) is 0 Å². The molecule has 1 fully saturated rings. The van der Waals surface area contributed by atoms with Gasteiger partial charge in [-0.2, -0.15) is 0 Å². The van der Waals surface area contributed by atoms with Gasteiger partial charge in [0.2, 0.25) is 0 Å². The van der Waals surface area contributed by atoms with Crippen molar-refractivity contribution in [1.82, 2.24) is 4.90 Å². The normalized spacial score (nSPS) is 15.8. The van der Waals surface area contributed by atoms with Crippen molar-refractivity contribution in [2.45, 2.75) is 18.9 Å². The molecule has 4 heteroatoms. The molecule has 0 radical (unpaired) electrons. The third-order valence-electron chi connectivity index (χ3n) is 3.20. The number of rotatable bonds is 1. The lowest BCUT2D eigenvalue weighted by molar-refractivity contribution is 0.0546. The minimum absolute atomic E-state index is 0.00305. The van der Waals surface area contributed by atoms with E-state index in [-0.39, 0.29) is 12.0 Å². The van der Waals surface area contributed by atoms with E-state index in [1.165, 1.54) is 0 Å². The third kappa shape index (κ3) is 3.57. The Morgan fingerprint density at radius 1 is 1.42 bits per heavy atom. The second-order valence-electron chi connectivity index (χ2n) is 4.61. The number of nitrogens with two attached hydrogens (primary N) is 1. The first-order valence-electron chi connectivity index (χ1n) is 6.47. The van der Waals surface area contributed by atoms with E-state index in [1.54, 1.807) is 17.0 Å². The Kier molecular flexibility index (Phi) is 4.56. The molecule has 1 aliphatic rings. The largest absolute Gasteiger partial charge is 0.393 e. The molecule has 0 unspecified atom stereocenters. The summed E-state index contributed by atoms with van der Waals surface area (Å²) in [6.45, 7) is 1.53. The van der Waals surface area contributed by atoms with Crippen LogP contribution in [0.5, 0.6) is 0 Å². The molecule has 0 saturated carbocycles. The van der Waals surface area contributed by atoms with Gasteiger partial charge in [-0.25, -0.2) is 0 Å². The van der Waals surface area contributed by atoms with Gasteiger partial charge in [-0.3, -0.25) is 4.79 Å². The van der Waals surface area contributed by atoms with Crippen molar-refractivity contribution in [3.8, 4) is 11.8 Å². The van der Waals surface area contributed by atoms with Gasteiger partial charge in [0.25, 0.3) is 5.91 Å². The van der Waals surface area contributed by atoms with Gasteiger partial charge < -0.3 is 15.7 Å². The highest BCUT2D eigenvalue weighted by molar-refractivity contribution is 5.94. The van der Waals surface area contributed by atoms with Crippen LogP contribution in [0.3, 0.4) is 0 Å². The van der Waals surface area contributed by atoms with Gasteiger partial charge >= 0.3 is 0 Å². The molecule has 1 amide bonds. The van der Waals surface area contributed by atoms with Crippen molar-refractivity contribution in [1.29, 1.82) is 0 Å². The standard InChI is InChI=1S/C15H18N2O2/c16-8-2-4-12-3-1-5-13(11-12)15(19)17-9-6-14(18)7-10-17/h1,3,5,11,14,18H,6-10,16H2. The van der Waals surface area contributed by atoms with Gasteiger partial charge in [-0.05, 0) is 31.0 Å². The van der Waals surface area contributed by atoms with E-state index in [0.717, 1.165) is 5.56 Å². The van der Waals surface area contributed by atoms with E-state index in [0.29, 0.717) is 38.0 Å². The summed E-state index contributed by atoms with van der Waals surface area (Å²) in [6, 6.07) is 7.27. The van der Waals surface area contributed by atoms with Crippen molar-refractivity contribution in [3.05, 3.63) is 35.4 Å². The predicted molar refractivity (Wildman–Crippen MR) is 73.5 cm³/mol. The zero-order valence-corrected chi connectivity index (χ0v) is 10.8. The maximum absolute atomic E-state index is 12.3. The Balaban J connectivity index is 2.10. The van der Waals surface area contributed by atoms with Crippen LogP contribution in [0.1, 0.15) is 28.8 Å². The highest BCUT2D eigenvalue weighted by Gasteiger charge is 2.22. The van der Waals surface area contributed by atoms with E-state index < -0.39 is 0 Å². The molecule has 4 nitrogen and oxygen atoms in total. The number of hydrogen-bond acceptors (Lipinski definition) is 3. The minimum atomic E-state index is -0.272. The van der Waals surface area contributed by atoms with Gasteiger partial charge in [0, 0.05) is 24.2 Å². The number of hydrogen-bond donors (Lipinski definition) is 2. The summed E-state index contributed by atoms with van der Waals surface area (Å²) >= 11 is 0. The molecule has 19 heavy (non-hydrogen) atoms. The van der Waals surface area contributed by atoms with E-state index in [1.807, 2.05) is 12.1 Å². The smallest absolute Gasteiger partial charge is 0.253 e. The average Bonchev–Trinajstić information content (AvgIpc) is 2.45. The number of likely N-dealkylation sites (tertiary alicyclic amines) is 1. The average molecular weight is 258 g/mol. The predicted octanol–water partition coefficient (Wildman–Crippen LogP) is 0.594. The maximum Gasteiger partial charge on any atom is 0.253 e. The van der Waals surface area contributed by atoms with Crippen LogP contribution in [0.4, 0.5) is 0 Å². The van der Waals surface area contributed by atoms with Gasteiger partial charge in [0.15, 0.2) is 0 Å². The van der Waals surface area contributed by atoms with Crippen LogP contribution >= 0.6 is 0 Å². The summed E-state index contributed by atoms with van der Waals surface area (Å²) in [5, 5.41) is 9.45.